The van der Waals surface area contributed by atoms with Crippen molar-refractivity contribution in [2.75, 3.05) is 5.32 Å². The summed E-state index contributed by atoms with van der Waals surface area (Å²) < 4.78 is 20.2. The summed E-state index contributed by atoms with van der Waals surface area (Å²) >= 11 is 0. The number of halogens is 1. The van der Waals surface area contributed by atoms with E-state index < -0.39 is 23.8 Å². The summed E-state index contributed by atoms with van der Waals surface area (Å²) in [5, 5.41) is 6.93. The van der Waals surface area contributed by atoms with Crippen LogP contribution < -0.4 is 5.32 Å². The maximum Gasteiger partial charge on any atom is 0.342 e. The van der Waals surface area contributed by atoms with Crippen molar-refractivity contribution in [1.29, 1.82) is 0 Å². The second-order valence-electron chi connectivity index (χ2n) is 6.34. The molecule has 0 fully saturated rings. The van der Waals surface area contributed by atoms with Crippen LogP contribution in [0.5, 0.6) is 0 Å². The van der Waals surface area contributed by atoms with E-state index in [4.69, 9.17) is 4.74 Å². The first-order chi connectivity index (χ1) is 13.4. The number of amides is 1. The van der Waals surface area contributed by atoms with E-state index in [1.165, 1.54) is 25.1 Å². The Morgan fingerprint density at radius 2 is 1.82 bits per heavy atom. The lowest BCUT2D eigenvalue weighted by molar-refractivity contribution is -0.123. The molecular formula is C21H20FN3O3. The Kier molecular flexibility index (Phi) is 5.54. The lowest BCUT2D eigenvalue weighted by atomic mass is 10.2. The lowest BCUT2D eigenvalue weighted by Gasteiger charge is -2.14. The number of para-hydroxylation sites is 1. The summed E-state index contributed by atoms with van der Waals surface area (Å²) in [4.78, 5) is 24.9. The second kappa shape index (κ2) is 8.04. The monoisotopic (exact) mass is 381 g/mol. The maximum atomic E-state index is 13.2. The van der Waals surface area contributed by atoms with E-state index >= 15 is 0 Å². The molecule has 0 bridgehead atoms. The molecule has 3 aromatic rings. The van der Waals surface area contributed by atoms with Crippen LogP contribution in [0.3, 0.4) is 0 Å². The van der Waals surface area contributed by atoms with E-state index in [9.17, 15) is 14.0 Å². The molecule has 0 aliphatic heterocycles. The van der Waals surface area contributed by atoms with Crippen LogP contribution in [0.2, 0.25) is 0 Å². The molecule has 1 heterocycles. The Bertz CT molecular complexity index is 1010. The number of ether oxygens (including phenoxy) is 1. The molecule has 0 aliphatic rings. The van der Waals surface area contributed by atoms with Crippen molar-refractivity contribution in [1.82, 2.24) is 9.78 Å². The van der Waals surface area contributed by atoms with Crippen LogP contribution in [0.4, 0.5) is 10.1 Å². The van der Waals surface area contributed by atoms with Gasteiger partial charge in [-0.15, -0.1) is 0 Å². The van der Waals surface area contributed by atoms with Gasteiger partial charge in [-0.05, 0) is 51.1 Å². The number of aromatic nitrogens is 2. The largest absolute Gasteiger partial charge is 0.449 e. The van der Waals surface area contributed by atoms with E-state index in [2.05, 4.69) is 10.4 Å². The normalized spacial score (nSPS) is 11.7. The minimum Gasteiger partial charge on any atom is -0.449 e. The highest BCUT2D eigenvalue weighted by Crippen LogP contribution is 2.19. The van der Waals surface area contributed by atoms with Gasteiger partial charge in [0.15, 0.2) is 6.10 Å². The molecule has 6 nitrogen and oxygen atoms in total. The first-order valence-electron chi connectivity index (χ1n) is 8.76. The highest BCUT2D eigenvalue weighted by molar-refractivity contribution is 5.98. The van der Waals surface area contributed by atoms with Crippen molar-refractivity contribution in [3.8, 4) is 5.69 Å². The lowest BCUT2D eigenvalue weighted by Crippen LogP contribution is -2.30. The van der Waals surface area contributed by atoms with E-state index in [1.54, 1.807) is 24.6 Å². The van der Waals surface area contributed by atoms with Crippen LogP contribution in [-0.2, 0) is 9.53 Å². The molecule has 1 atom stereocenters. The molecular weight excluding hydrogens is 361 g/mol. The number of carbonyl (C=O) groups excluding carboxylic acids is 2. The van der Waals surface area contributed by atoms with Gasteiger partial charge in [0.25, 0.3) is 5.91 Å². The Morgan fingerprint density at radius 3 is 2.50 bits per heavy atom. The molecule has 7 heteroatoms. The first kappa shape index (κ1) is 19.3. The smallest absolute Gasteiger partial charge is 0.342 e. The second-order valence-corrected chi connectivity index (χ2v) is 6.34. The Morgan fingerprint density at radius 1 is 1.11 bits per heavy atom. The fourth-order valence-electron chi connectivity index (χ4n) is 2.84. The molecule has 0 aliphatic carbocycles. The number of rotatable bonds is 5. The van der Waals surface area contributed by atoms with Gasteiger partial charge in [0.05, 0.1) is 17.1 Å². The number of carbonyl (C=O) groups is 2. The van der Waals surface area contributed by atoms with E-state index in [-0.39, 0.29) is 5.69 Å². The van der Waals surface area contributed by atoms with Gasteiger partial charge in [0.2, 0.25) is 0 Å². The van der Waals surface area contributed by atoms with Gasteiger partial charge in [-0.2, -0.15) is 5.10 Å². The molecule has 0 saturated heterocycles. The zero-order valence-corrected chi connectivity index (χ0v) is 15.8. The molecule has 1 aromatic heterocycles. The summed E-state index contributed by atoms with van der Waals surface area (Å²) in [6.45, 7) is 4.93. The third-order valence-electron chi connectivity index (χ3n) is 4.24. The zero-order valence-electron chi connectivity index (χ0n) is 15.8. The van der Waals surface area contributed by atoms with Crippen LogP contribution >= 0.6 is 0 Å². The molecule has 2 aromatic carbocycles. The minimum atomic E-state index is -1.06. The summed E-state index contributed by atoms with van der Waals surface area (Å²) in [5.41, 5.74) is 2.54. The molecule has 0 radical (unpaired) electrons. The maximum absolute atomic E-state index is 13.2. The van der Waals surface area contributed by atoms with E-state index in [0.29, 0.717) is 17.0 Å². The van der Waals surface area contributed by atoms with Gasteiger partial charge in [-0.25, -0.2) is 13.9 Å². The van der Waals surface area contributed by atoms with Crippen LogP contribution in [-0.4, -0.2) is 27.8 Å². The van der Waals surface area contributed by atoms with Gasteiger partial charge in [-0.1, -0.05) is 24.3 Å². The minimum absolute atomic E-state index is 0.289. The topological polar surface area (TPSA) is 73.2 Å². The standard InChI is InChI=1S/C21H20FN3O3/c1-13-19(14(2)25(24-13)18-10-5-4-6-11-18)21(27)28-15(3)20(26)23-17-9-7-8-16(22)12-17/h4-12,15H,1-3H3,(H,23,26)/t15-/m1/s1. The molecule has 0 saturated carbocycles. The molecule has 0 spiro atoms. The highest BCUT2D eigenvalue weighted by atomic mass is 19.1. The SMILES string of the molecule is Cc1nn(-c2ccccc2)c(C)c1C(=O)O[C@H](C)C(=O)Nc1cccc(F)c1. The van der Waals surface area contributed by atoms with Crippen molar-refractivity contribution >= 4 is 17.6 Å². The van der Waals surface area contributed by atoms with Crippen molar-refractivity contribution < 1.29 is 18.7 Å². The van der Waals surface area contributed by atoms with Crippen molar-refractivity contribution in [2.24, 2.45) is 0 Å². The summed E-state index contributed by atoms with van der Waals surface area (Å²) in [5.74, 6) is -1.66. The predicted molar refractivity (Wildman–Crippen MR) is 103 cm³/mol. The quantitative estimate of drug-likeness (QED) is 0.682. The summed E-state index contributed by atoms with van der Waals surface area (Å²) in [7, 11) is 0. The van der Waals surface area contributed by atoms with Crippen LogP contribution in [0, 0.1) is 19.7 Å². The van der Waals surface area contributed by atoms with Gasteiger partial charge in [0.1, 0.15) is 11.4 Å². The van der Waals surface area contributed by atoms with Gasteiger partial charge in [-0.3, -0.25) is 4.79 Å². The van der Waals surface area contributed by atoms with Crippen molar-refractivity contribution in [3.05, 3.63) is 77.4 Å². The highest BCUT2D eigenvalue weighted by Gasteiger charge is 2.25. The number of aryl methyl sites for hydroxylation is 1. The predicted octanol–water partition coefficient (Wildman–Crippen LogP) is 3.81. The Labute approximate surface area is 161 Å². The fraction of sp³-hybridized carbons (Fsp3) is 0.190. The van der Waals surface area contributed by atoms with Gasteiger partial charge in [0, 0.05) is 5.69 Å². The number of benzene rings is 2. The van der Waals surface area contributed by atoms with Gasteiger partial charge >= 0.3 is 5.97 Å². The number of hydrogen-bond acceptors (Lipinski definition) is 4. The van der Waals surface area contributed by atoms with Gasteiger partial charge < -0.3 is 10.1 Å². The fourth-order valence-corrected chi connectivity index (χ4v) is 2.84. The summed E-state index contributed by atoms with van der Waals surface area (Å²) in [6, 6.07) is 14.9. The van der Waals surface area contributed by atoms with E-state index in [0.717, 1.165) is 5.69 Å². The summed E-state index contributed by atoms with van der Waals surface area (Å²) in [6.07, 6.45) is -1.06. The molecule has 144 valence electrons. The number of esters is 1. The first-order valence-corrected chi connectivity index (χ1v) is 8.76. The van der Waals surface area contributed by atoms with Crippen LogP contribution in [0.15, 0.2) is 54.6 Å². The molecule has 1 N–H and O–H groups in total. The number of nitrogens with one attached hydrogen (secondary N) is 1. The van der Waals surface area contributed by atoms with Crippen LogP contribution in [0.25, 0.3) is 5.69 Å². The molecule has 0 unspecified atom stereocenters. The number of nitrogens with zero attached hydrogens (tertiary/aromatic N) is 2. The molecule has 1 amide bonds. The Hall–Kier alpha value is -3.48. The zero-order chi connectivity index (χ0) is 20.3. The molecule has 28 heavy (non-hydrogen) atoms. The molecule has 3 rings (SSSR count). The Balaban J connectivity index is 1.74. The van der Waals surface area contributed by atoms with Crippen molar-refractivity contribution in [2.45, 2.75) is 26.9 Å². The third-order valence-corrected chi connectivity index (χ3v) is 4.24. The third kappa shape index (κ3) is 4.09. The average Bonchev–Trinajstić information content (AvgIpc) is 2.96. The average molecular weight is 381 g/mol. The number of anilines is 1. The van der Waals surface area contributed by atoms with Crippen LogP contribution in [0.1, 0.15) is 28.7 Å². The van der Waals surface area contributed by atoms with E-state index in [1.807, 2.05) is 30.3 Å². The van der Waals surface area contributed by atoms with Crippen molar-refractivity contribution in [3.63, 3.8) is 0 Å². The number of hydrogen-bond donors (Lipinski definition) is 1.